The Bertz CT molecular complexity index is 383. The minimum Gasteiger partial charge on any atom is -0.508 e. The smallest absolute Gasteiger partial charge is 0.180 e. The molecule has 1 rings (SSSR count). The zero-order valence-corrected chi connectivity index (χ0v) is 7.66. The first kappa shape index (κ1) is 10.0. The quantitative estimate of drug-likeness (QED) is 0.732. The second-order valence-electron chi connectivity index (χ2n) is 2.54. The number of phenolic OH excluding ortho intramolecular Hbond substituents is 1. The van der Waals surface area contributed by atoms with Gasteiger partial charge in [0.05, 0.1) is 17.3 Å². The molecular weight excluding hydrogens is 192 g/mol. The van der Waals surface area contributed by atoms with Crippen molar-refractivity contribution >= 4 is 9.84 Å². The van der Waals surface area contributed by atoms with Gasteiger partial charge < -0.3 is 10.2 Å². The summed E-state index contributed by atoms with van der Waals surface area (Å²) in [5.41, 5.74) is 0. The molecule has 0 saturated heterocycles. The Kier molecular flexibility index (Phi) is 2.90. The van der Waals surface area contributed by atoms with Crippen molar-refractivity contribution in [3.8, 4) is 5.75 Å². The Labute approximate surface area is 76.4 Å². The summed E-state index contributed by atoms with van der Waals surface area (Å²) >= 11 is 0. The molecule has 4 nitrogen and oxygen atoms in total. The summed E-state index contributed by atoms with van der Waals surface area (Å²) in [7, 11) is -3.44. The lowest BCUT2D eigenvalue weighted by Gasteiger charge is -2.01. The van der Waals surface area contributed by atoms with Crippen LogP contribution in [-0.2, 0) is 9.84 Å². The third-order valence-electron chi connectivity index (χ3n) is 1.54. The molecule has 2 N–H and O–H groups in total. The van der Waals surface area contributed by atoms with E-state index in [0.717, 1.165) is 6.07 Å². The number of hydrogen-bond acceptors (Lipinski definition) is 4. The minimum atomic E-state index is -3.44. The monoisotopic (exact) mass is 202 g/mol. The van der Waals surface area contributed by atoms with Crippen LogP contribution in [0.5, 0.6) is 5.75 Å². The molecule has 0 spiro atoms. The summed E-state index contributed by atoms with van der Waals surface area (Å²) < 4.78 is 22.6. The number of benzene rings is 1. The largest absolute Gasteiger partial charge is 0.508 e. The Balaban J connectivity index is 3.08. The maximum Gasteiger partial charge on any atom is 0.180 e. The van der Waals surface area contributed by atoms with Crippen LogP contribution in [0.15, 0.2) is 29.2 Å². The molecule has 0 fully saturated rings. The van der Waals surface area contributed by atoms with Gasteiger partial charge in [-0.05, 0) is 18.2 Å². The van der Waals surface area contributed by atoms with E-state index in [1.165, 1.54) is 18.2 Å². The highest BCUT2D eigenvalue weighted by atomic mass is 32.2. The van der Waals surface area contributed by atoms with Gasteiger partial charge in [-0.15, -0.1) is 0 Å². The molecule has 0 amide bonds. The zero-order valence-electron chi connectivity index (χ0n) is 6.84. The maximum absolute atomic E-state index is 11.3. The van der Waals surface area contributed by atoms with Crippen molar-refractivity contribution in [2.75, 3.05) is 12.4 Å². The van der Waals surface area contributed by atoms with Gasteiger partial charge in [-0.2, -0.15) is 0 Å². The third-order valence-corrected chi connectivity index (χ3v) is 3.23. The van der Waals surface area contributed by atoms with Crippen LogP contribution in [0.1, 0.15) is 0 Å². The summed E-state index contributed by atoms with van der Waals surface area (Å²) in [6.45, 7) is -0.419. The van der Waals surface area contributed by atoms with Crippen LogP contribution in [0.2, 0.25) is 0 Å². The number of aliphatic hydroxyl groups excluding tert-OH is 1. The van der Waals surface area contributed by atoms with E-state index in [-0.39, 0.29) is 16.4 Å². The molecule has 0 unspecified atom stereocenters. The predicted octanol–water partition coefficient (Wildman–Crippen LogP) is 0.158. The van der Waals surface area contributed by atoms with Crippen molar-refractivity contribution in [3.63, 3.8) is 0 Å². The van der Waals surface area contributed by atoms with Gasteiger partial charge in [0.2, 0.25) is 0 Å². The van der Waals surface area contributed by atoms with Crippen molar-refractivity contribution in [3.05, 3.63) is 24.3 Å². The summed E-state index contributed by atoms with van der Waals surface area (Å²) in [6, 6.07) is 5.37. The highest BCUT2D eigenvalue weighted by molar-refractivity contribution is 7.91. The fraction of sp³-hybridized carbons (Fsp3) is 0.250. The molecule has 0 saturated carbocycles. The Morgan fingerprint density at radius 1 is 1.31 bits per heavy atom. The van der Waals surface area contributed by atoms with E-state index in [4.69, 9.17) is 10.2 Å². The molecule has 5 heteroatoms. The van der Waals surface area contributed by atoms with E-state index < -0.39 is 16.4 Å². The van der Waals surface area contributed by atoms with Crippen molar-refractivity contribution in [1.29, 1.82) is 0 Å². The van der Waals surface area contributed by atoms with Gasteiger partial charge in [0.25, 0.3) is 0 Å². The van der Waals surface area contributed by atoms with Gasteiger partial charge in [-0.3, -0.25) is 0 Å². The number of phenols is 1. The summed E-state index contributed by atoms with van der Waals surface area (Å²) in [5.74, 6) is -0.421. The van der Waals surface area contributed by atoms with Crippen LogP contribution >= 0.6 is 0 Å². The zero-order chi connectivity index (χ0) is 9.90. The molecule has 1 aromatic rings. The average molecular weight is 202 g/mol. The van der Waals surface area contributed by atoms with Gasteiger partial charge in [0, 0.05) is 0 Å². The standard InChI is InChI=1S/C8H10O4S/c9-4-5-13(11,12)8-3-1-2-7(10)6-8/h1-3,6,9-10H,4-5H2. The SMILES string of the molecule is O=S(=O)(CCO)c1cccc(O)c1. The Morgan fingerprint density at radius 2 is 2.00 bits per heavy atom. The maximum atomic E-state index is 11.3. The van der Waals surface area contributed by atoms with E-state index in [1.807, 2.05) is 0 Å². The molecule has 0 atom stereocenters. The van der Waals surface area contributed by atoms with Crippen LogP contribution < -0.4 is 0 Å². The highest BCUT2D eigenvalue weighted by Gasteiger charge is 2.13. The van der Waals surface area contributed by atoms with Gasteiger partial charge in [-0.1, -0.05) is 6.07 Å². The lowest BCUT2D eigenvalue weighted by molar-refractivity contribution is 0.319. The lowest BCUT2D eigenvalue weighted by atomic mass is 10.3. The second kappa shape index (κ2) is 3.76. The molecule has 0 aromatic heterocycles. The number of aromatic hydroxyl groups is 1. The number of sulfone groups is 1. The molecule has 0 aliphatic rings. The first-order valence-corrected chi connectivity index (χ1v) is 5.34. The van der Waals surface area contributed by atoms with E-state index in [2.05, 4.69) is 0 Å². The highest BCUT2D eigenvalue weighted by Crippen LogP contribution is 2.16. The molecule has 0 aliphatic carbocycles. The van der Waals surface area contributed by atoms with Crippen LogP contribution in [0.25, 0.3) is 0 Å². The molecule has 0 heterocycles. The second-order valence-corrected chi connectivity index (χ2v) is 4.65. The van der Waals surface area contributed by atoms with Gasteiger partial charge in [0.1, 0.15) is 5.75 Å². The van der Waals surface area contributed by atoms with Crippen LogP contribution in [0.3, 0.4) is 0 Å². The molecule has 0 aliphatic heterocycles. The van der Waals surface area contributed by atoms with Crippen LogP contribution in [0, 0.1) is 0 Å². The van der Waals surface area contributed by atoms with Gasteiger partial charge in [0.15, 0.2) is 9.84 Å². The summed E-state index contributed by atoms with van der Waals surface area (Å²) in [4.78, 5) is 0.0292. The first-order valence-electron chi connectivity index (χ1n) is 3.69. The lowest BCUT2D eigenvalue weighted by Crippen LogP contribution is -2.09. The van der Waals surface area contributed by atoms with E-state index in [9.17, 15) is 8.42 Å². The van der Waals surface area contributed by atoms with Crippen molar-refractivity contribution in [2.24, 2.45) is 0 Å². The summed E-state index contributed by atoms with van der Waals surface area (Å²) in [5, 5.41) is 17.5. The molecule has 0 radical (unpaired) electrons. The fourth-order valence-electron chi connectivity index (χ4n) is 0.915. The molecule has 1 aromatic carbocycles. The van der Waals surface area contributed by atoms with E-state index in [1.54, 1.807) is 0 Å². The minimum absolute atomic E-state index is 0.0292. The third kappa shape index (κ3) is 2.43. The fourth-order valence-corrected chi connectivity index (χ4v) is 1.98. The van der Waals surface area contributed by atoms with Crippen molar-refractivity contribution in [1.82, 2.24) is 0 Å². The van der Waals surface area contributed by atoms with Crippen LogP contribution in [-0.4, -0.2) is 31.0 Å². The van der Waals surface area contributed by atoms with Gasteiger partial charge >= 0.3 is 0 Å². The van der Waals surface area contributed by atoms with Crippen LogP contribution in [0.4, 0.5) is 0 Å². The normalized spacial score (nSPS) is 11.5. The van der Waals surface area contributed by atoms with Crippen molar-refractivity contribution in [2.45, 2.75) is 4.90 Å². The molecular formula is C8H10O4S. The topological polar surface area (TPSA) is 74.6 Å². The first-order chi connectivity index (χ1) is 6.06. The molecule has 0 bridgehead atoms. The Hall–Kier alpha value is -1.07. The number of hydrogen-bond donors (Lipinski definition) is 2. The number of aliphatic hydroxyl groups is 1. The number of rotatable bonds is 3. The molecule has 13 heavy (non-hydrogen) atoms. The predicted molar refractivity (Wildman–Crippen MR) is 47.2 cm³/mol. The van der Waals surface area contributed by atoms with Crippen molar-refractivity contribution < 1.29 is 18.6 Å². The Morgan fingerprint density at radius 3 is 2.54 bits per heavy atom. The average Bonchev–Trinajstić information content (AvgIpc) is 2.04. The van der Waals surface area contributed by atoms with E-state index >= 15 is 0 Å². The summed E-state index contributed by atoms with van der Waals surface area (Å²) in [6.07, 6.45) is 0. The molecule has 72 valence electrons. The van der Waals surface area contributed by atoms with Gasteiger partial charge in [-0.25, -0.2) is 8.42 Å². The van der Waals surface area contributed by atoms with E-state index in [0.29, 0.717) is 0 Å².